The van der Waals surface area contributed by atoms with Crippen LogP contribution in [0.4, 0.5) is 5.69 Å². The number of piperidine rings is 1. The van der Waals surface area contributed by atoms with Crippen LogP contribution in [0.25, 0.3) is 11.3 Å². The molecule has 2 aromatic rings. The third-order valence-electron chi connectivity index (χ3n) is 7.88. The number of rotatable bonds is 6. The van der Waals surface area contributed by atoms with E-state index in [1.54, 1.807) is 0 Å². The minimum Gasteiger partial charge on any atom is -0.490 e. The molecule has 1 N–H and O–H groups in total. The third kappa shape index (κ3) is 5.73. The first-order valence-corrected chi connectivity index (χ1v) is 13.0. The van der Waals surface area contributed by atoms with Crippen LogP contribution in [0, 0.1) is 17.3 Å². The predicted molar refractivity (Wildman–Crippen MR) is 137 cm³/mol. The number of aromatic nitrogens is 1. The minimum atomic E-state index is -0.671. The van der Waals surface area contributed by atoms with Crippen LogP contribution in [0.15, 0.2) is 36.5 Å². The average Bonchev–Trinajstić information content (AvgIpc) is 2.84. The number of ether oxygens (including phenoxy) is 1. The van der Waals surface area contributed by atoms with Crippen molar-refractivity contribution in [3.63, 3.8) is 0 Å². The number of anilines is 1. The summed E-state index contributed by atoms with van der Waals surface area (Å²) < 4.78 is 6.32. The standard InChI is InChI=1S/C29H40N2O3/c1-5-20-19-30-26(18-27(20)31-16-14-22(15-17-31)28(32)33)21-6-10-24(11-7-21)34-25-12-8-23(9-13-25)29(2,3)4/h6-7,10-11,18-19,22-23,25H,5,8-9,12-17H2,1-4H3,(H,32,33). The number of nitrogens with zero attached hydrogens (tertiary/aromatic N) is 2. The Hall–Kier alpha value is -2.56. The van der Waals surface area contributed by atoms with Crippen molar-refractivity contribution >= 4 is 11.7 Å². The van der Waals surface area contributed by atoms with E-state index in [0.717, 1.165) is 55.3 Å². The van der Waals surface area contributed by atoms with E-state index < -0.39 is 5.97 Å². The van der Waals surface area contributed by atoms with Gasteiger partial charge in [0.15, 0.2) is 0 Å². The molecule has 1 saturated carbocycles. The monoisotopic (exact) mass is 464 g/mol. The molecule has 5 heteroatoms. The SMILES string of the molecule is CCc1cnc(-c2ccc(OC3CCC(C(C)(C)C)CC3)cc2)cc1N1CCC(C(=O)O)CC1. The van der Waals surface area contributed by atoms with E-state index >= 15 is 0 Å². The Morgan fingerprint density at radius 2 is 1.71 bits per heavy atom. The van der Waals surface area contributed by atoms with Crippen LogP contribution in [0.3, 0.4) is 0 Å². The summed E-state index contributed by atoms with van der Waals surface area (Å²) in [5, 5.41) is 9.32. The summed E-state index contributed by atoms with van der Waals surface area (Å²) in [7, 11) is 0. The number of carbonyl (C=O) groups is 1. The minimum absolute atomic E-state index is 0.223. The summed E-state index contributed by atoms with van der Waals surface area (Å²) in [5.41, 5.74) is 4.81. The number of carboxylic acids is 1. The number of aliphatic carboxylic acids is 1. The molecule has 0 spiro atoms. The van der Waals surface area contributed by atoms with E-state index in [1.165, 1.54) is 24.1 Å². The smallest absolute Gasteiger partial charge is 0.306 e. The van der Waals surface area contributed by atoms with E-state index in [1.807, 2.05) is 6.20 Å². The molecule has 1 aromatic heterocycles. The fourth-order valence-corrected chi connectivity index (χ4v) is 5.51. The van der Waals surface area contributed by atoms with Crippen LogP contribution in [-0.2, 0) is 11.2 Å². The highest BCUT2D eigenvalue weighted by Gasteiger charge is 2.30. The molecule has 4 rings (SSSR count). The molecule has 0 radical (unpaired) electrons. The van der Waals surface area contributed by atoms with Gasteiger partial charge in [-0.3, -0.25) is 9.78 Å². The van der Waals surface area contributed by atoms with E-state index in [2.05, 4.69) is 62.9 Å². The lowest BCUT2D eigenvalue weighted by molar-refractivity contribution is -0.142. The highest BCUT2D eigenvalue weighted by atomic mass is 16.5. The maximum Gasteiger partial charge on any atom is 0.306 e. The Morgan fingerprint density at radius 3 is 2.26 bits per heavy atom. The maximum atomic E-state index is 11.3. The molecule has 5 nitrogen and oxygen atoms in total. The first-order valence-electron chi connectivity index (χ1n) is 13.0. The number of aryl methyl sites for hydroxylation is 1. The molecule has 1 aromatic carbocycles. The Bertz CT molecular complexity index is 964. The van der Waals surface area contributed by atoms with Gasteiger partial charge in [-0.1, -0.05) is 27.7 Å². The molecule has 0 amide bonds. The summed E-state index contributed by atoms with van der Waals surface area (Å²) >= 11 is 0. The van der Waals surface area contributed by atoms with Gasteiger partial charge in [-0.25, -0.2) is 0 Å². The highest BCUT2D eigenvalue weighted by molar-refractivity contribution is 5.71. The zero-order chi connectivity index (χ0) is 24.3. The molecule has 0 bridgehead atoms. The summed E-state index contributed by atoms with van der Waals surface area (Å²) in [6, 6.07) is 10.5. The van der Waals surface area contributed by atoms with Crippen molar-refractivity contribution in [2.75, 3.05) is 18.0 Å². The van der Waals surface area contributed by atoms with E-state index in [-0.39, 0.29) is 5.92 Å². The predicted octanol–water partition coefficient (Wildman–Crippen LogP) is 6.60. The van der Waals surface area contributed by atoms with Gasteiger partial charge >= 0.3 is 5.97 Å². The molecule has 184 valence electrons. The summed E-state index contributed by atoms with van der Waals surface area (Å²) in [4.78, 5) is 18.4. The topological polar surface area (TPSA) is 62.7 Å². The second kappa shape index (κ2) is 10.4. The van der Waals surface area contributed by atoms with Crippen LogP contribution in [0.2, 0.25) is 0 Å². The van der Waals surface area contributed by atoms with E-state index in [0.29, 0.717) is 24.4 Å². The largest absolute Gasteiger partial charge is 0.490 e. The second-order valence-corrected chi connectivity index (χ2v) is 11.1. The average molecular weight is 465 g/mol. The lowest BCUT2D eigenvalue weighted by atomic mass is 9.72. The van der Waals surface area contributed by atoms with Gasteiger partial charge in [-0.15, -0.1) is 0 Å². The van der Waals surface area contributed by atoms with Crippen molar-refractivity contribution in [1.82, 2.24) is 4.98 Å². The van der Waals surface area contributed by atoms with Crippen LogP contribution in [0.1, 0.15) is 71.8 Å². The lowest BCUT2D eigenvalue weighted by Gasteiger charge is -2.36. The van der Waals surface area contributed by atoms with Gasteiger partial charge < -0.3 is 14.7 Å². The van der Waals surface area contributed by atoms with Gasteiger partial charge in [0.05, 0.1) is 17.7 Å². The molecule has 1 aliphatic heterocycles. The molecule has 2 fully saturated rings. The molecule has 2 aliphatic rings. The third-order valence-corrected chi connectivity index (χ3v) is 7.88. The van der Waals surface area contributed by atoms with E-state index in [9.17, 15) is 9.90 Å². The van der Waals surface area contributed by atoms with Gasteiger partial charge in [0.25, 0.3) is 0 Å². The quantitative estimate of drug-likeness (QED) is 0.522. The van der Waals surface area contributed by atoms with Crippen LogP contribution >= 0.6 is 0 Å². The van der Waals surface area contributed by atoms with E-state index in [4.69, 9.17) is 9.72 Å². The van der Waals surface area contributed by atoms with Crippen molar-refractivity contribution in [2.24, 2.45) is 17.3 Å². The van der Waals surface area contributed by atoms with Crippen molar-refractivity contribution in [3.05, 3.63) is 42.1 Å². The zero-order valence-corrected chi connectivity index (χ0v) is 21.2. The summed E-state index contributed by atoms with van der Waals surface area (Å²) in [6.07, 6.45) is 9.33. The molecule has 1 saturated heterocycles. The van der Waals surface area contributed by atoms with Crippen LogP contribution in [-0.4, -0.2) is 35.3 Å². The van der Waals surface area contributed by atoms with Crippen molar-refractivity contribution in [2.45, 2.75) is 78.7 Å². The summed E-state index contributed by atoms with van der Waals surface area (Å²) in [5.74, 6) is 0.828. The number of carboxylic acid groups (broad SMARTS) is 1. The number of hydrogen-bond acceptors (Lipinski definition) is 4. The highest BCUT2D eigenvalue weighted by Crippen LogP contribution is 2.39. The summed E-state index contributed by atoms with van der Waals surface area (Å²) in [6.45, 7) is 10.7. The lowest BCUT2D eigenvalue weighted by Crippen LogP contribution is -2.36. The molecule has 0 atom stereocenters. The number of hydrogen-bond donors (Lipinski definition) is 1. The molecular formula is C29H40N2O3. The first kappa shape index (κ1) is 24.6. The second-order valence-electron chi connectivity index (χ2n) is 11.1. The van der Waals surface area contributed by atoms with Gasteiger partial charge in [-0.2, -0.15) is 0 Å². The van der Waals surface area contributed by atoms with Crippen molar-refractivity contribution in [3.8, 4) is 17.0 Å². The Labute approximate surface area is 204 Å². The first-order chi connectivity index (χ1) is 16.2. The Morgan fingerprint density at radius 1 is 1.06 bits per heavy atom. The molecule has 34 heavy (non-hydrogen) atoms. The Balaban J connectivity index is 1.42. The van der Waals surface area contributed by atoms with Gasteiger partial charge in [0.2, 0.25) is 0 Å². The van der Waals surface area contributed by atoms with Gasteiger partial charge in [0.1, 0.15) is 5.75 Å². The molecule has 2 heterocycles. The van der Waals surface area contributed by atoms with Gasteiger partial charge in [-0.05, 0) is 92.2 Å². The van der Waals surface area contributed by atoms with Crippen LogP contribution in [0.5, 0.6) is 5.75 Å². The number of benzene rings is 1. The van der Waals surface area contributed by atoms with Gasteiger partial charge in [0, 0.05) is 30.5 Å². The Kier molecular flexibility index (Phi) is 7.49. The molecular weight excluding hydrogens is 424 g/mol. The normalized spacial score (nSPS) is 21.9. The van der Waals surface area contributed by atoms with Crippen molar-refractivity contribution < 1.29 is 14.6 Å². The molecule has 0 unspecified atom stereocenters. The fourth-order valence-electron chi connectivity index (χ4n) is 5.51. The number of pyridine rings is 1. The molecule has 1 aliphatic carbocycles. The zero-order valence-electron chi connectivity index (χ0n) is 21.2. The van der Waals surface area contributed by atoms with Crippen LogP contribution < -0.4 is 9.64 Å². The van der Waals surface area contributed by atoms with Crippen molar-refractivity contribution in [1.29, 1.82) is 0 Å². The fraction of sp³-hybridized carbons (Fsp3) is 0.586. The maximum absolute atomic E-state index is 11.3.